The molecule has 3 nitrogen and oxygen atoms in total. The summed E-state index contributed by atoms with van der Waals surface area (Å²) in [6, 6.07) is 5.42. The fraction of sp³-hybridized carbons (Fsp3) is 0.200. The normalized spacial score (nSPS) is 9.38. The molecule has 0 bridgehead atoms. The number of hydrogen-bond donors (Lipinski definition) is 0. The molecule has 3 heteroatoms. The topological polar surface area (TPSA) is 37.4 Å². The summed E-state index contributed by atoms with van der Waals surface area (Å²) >= 11 is 0. The van der Waals surface area contributed by atoms with Crippen molar-refractivity contribution in [1.29, 1.82) is 0 Å². The Labute approximate surface area is 77.0 Å². The van der Waals surface area contributed by atoms with Crippen molar-refractivity contribution in [2.24, 2.45) is 0 Å². The molecule has 1 aromatic rings. The molecule has 0 heterocycles. The summed E-state index contributed by atoms with van der Waals surface area (Å²) in [5.41, 5.74) is 2.81. The zero-order chi connectivity index (χ0) is 9.84. The fourth-order valence-corrected chi connectivity index (χ4v) is 1.03. The maximum atomic E-state index is 10.4. The molecule has 0 saturated carbocycles. The summed E-state index contributed by atoms with van der Waals surface area (Å²) in [6.07, 6.45) is 0.994. The lowest BCUT2D eigenvalue weighted by Gasteiger charge is -2.10. The first-order valence-corrected chi connectivity index (χ1v) is 3.95. The lowest BCUT2D eigenvalue weighted by atomic mass is 10.1. The summed E-state index contributed by atoms with van der Waals surface area (Å²) in [7, 11) is 0. The van der Waals surface area contributed by atoms with E-state index < -0.39 is 0 Å². The molecule has 0 saturated heterocycles. The molecule has 0 unspecified atom stereocenters. The first kappa shape index (κ1) is 9.45. The molecule has 2 amide bonds. The third kappa shape index (κ3) is 1.93. The maximum absolute atomic E-state index is 10.4. The van der Waals surface area contributed by atoms with Gasteiger partial charge < -0.3 is 0 Å². The largest absolute Gasteiger partial charge is 0.278 e. The highest BCUT2D eigenvalue weighted by atomic mass is 16.2. The van der Waals surface area contributed by atoms with Crippen LogP contribution in [-0.4, -0.2) is 12.8 Å². The van der Waals surface area contributed by atoms with Gasteiger partial charge in [-0.1, -0.05) is 6.07 Å². The second-order valence-corrected chi connectivity index (χ2v) is 2.89. The number of nitrogens with zero attached hydrogens (tertiary/aromatic N) is 1. The van der Waals surface area contributed by atoms with Crippen LogP contribution in [-0.2, 0) is 9.59 Å². The van der Waals surface area contributed by atoms with E-state index in [1.54, 1.807) is 12.1 Å². The van der Waals surface area contributed by atoms with Crippen molar-refractivity contribution < 1.29 is 9.59 Å². The number of hydrogen-bond acceptors (Lipinski definition) is 2. The molecule has 13 heavy (non-hydrogen) atoms. The molecule has 1 aromatic carbocycles. The number of benzene rings is 1. The number of rotatable bonds is 3. The van der Waals surface area contributed by atoms with Crippen LogP contribution in [0.3, 0.4) is 0 Å². The summed E-state index contributed by atoms with van der Waals surface area (Å²) in [6.45, 7) is 3.91. The third-order valence-electron chi connectivity index (χ3n) is 2.02. The second-order valence-electron chi connectivity index (χ2n) is 2.89. The van der Waals surface area contributed by atoms with E-state index in [1.807, 2.05) is 19.9 Å². The summed E-state index contributed by atoms with van der Waals surface area (Å²) in [4.78, 5) is 21.9. The lowest BCUT2D eigenvalue weighted by molar-refractivity contribution is -0.113. The van der Waals surface area contributed by atoms with Crippen LogP contribution in [0.5, 0.6) is 0 Å². The van der Waals surface area contributed by atoms with Crippen molar-refractivity contribution in [3.63, 3.8) is 0 Å². The lowest BCUT2D eigenvalue weighted by Crippen LogP contribution is -2.18. The molecule has 0 N–H and O–H groups in total. The van der Waals surface area contributed by atoms with Gasteiger partial charge in [-0.25, -0.2) is 0 Å². The molecule has 0 spiro atoms. The summed E-state index contributed by atoms with van der Waals surface area (Å²) in [5, 5.41) is 0. The minimum atomic E-state index is 0.497. The van der Waals surface area contributed by atoms with Gasteiger partial charge in [0, 0.05) is 0 Å². The van der Waals surface area contributed by atoms with E-state index in [1.165, 1.54) is 0 Å². The Bertz CT molecular complexity index is 326. The number of amides is 2. The van der Waals surface area contributed by atoms with Crippen LogP contribution in [0.25, 0.3) is 0 Å². The smallest absolute Gasteiger partial charge is 0.220 e. The molecule has 0 aliphatic heterocycles. The van der Waals surface area contributed by atoms with Gasteiger partial charge in [-0.2, -0.15) is 0 Å². The van der Waals surface area contributed by atoms with Crippen molar-refractivity contribution in [2.45, 2.75) is 13.8 Å². The SMILES string of the molecule is Cc1ccc(N(C=O)C=O)cc1C. The van der Waals surface area contributed by atoms with Gasteiger partial charge in [-0.15, -0.1) is 0 Å². The predicted molar refractivity (Wildman–Crippen MR) is 50.5 cm³/mol. The van der Waals surface area contributed by atoms with Gasteiger partial charge in [0.25, 0.3) is 0 Å². The van der Waals surface area contributed by atoms with Gasteiger partial charge in [0.2, 0.25) is 12.8 Å². The summed E-state index contributed by atoms with van der Waals surface area (Å²) < 4.78 is 0. The van der Waals surface area contributed by atoms with E-state index in [0.29, 0.717) is 18.5 Å². The van der Waals surface area contributed by atoms with Crippen molar-refractivity contribution in [1.82, 2.24) is 0 Å². The van der Waals surface area contributed by atoms with Crippen LogP contribution in [0.1, 0.15) is 11.1 Å². The monoisotopic (exact) mass is 177 g/mol. The Morgan fingerprint density at radius 3 is 2.15 bits per heavy atom. The molecule has 0 aliphatic carbocycles. The number of imide groups is 1. The molecule has 0 aromatic heterocycles. The van der Waals surface area contributed by atoms with Crippen LogP contribution in [0, 0.1) is 13.8 Å². The molecule has 0 radical (unpaired) electrons. The Morgan fingerprint density at radius 1 is 1.08 bits per heavy atom. The van der Waals surface area contributed by atoms with Crippen LogP contribution < -0.4 is 4.90 Å². The number of aryl methyl sites for hydroxylation is 2. The number of anilines is 1. The van der Waals surface area contributed by atoms with Gasteiger partial charge in [0.1, 0.15) is 0 Å². The predicted octanol–water partition coefficient (Wildman–Crippen LogP) is 1.42. The minimum absolute atomic E-state index is 0.497. The zero-order valence-electron chi connectivity index (χ0n) is 7.65. The van der Waals surface area contributed by atoms with E-state index in [0.717, 1.165) is 16.0 Å². The first-order chi connectivity index (χ1) is 6.19. The maximum Gasteiger partial charge on any atom is 0.220 e. The van der Waals surface area contributed by atoms with Crippen LogP contribution in [0.15, 0.2) is 18.2 Å². The second kappa shape index (κ2) is 3.85. The number of carbonyl (C=O) groups is 2. The van der Waals surface area contributed by atoms with Crippen LogP contribution in [0.2, 0.25) is 0 Å². The van der Waals surface area contributed by atoms with Gasteiger partial charge in [0.15, 0.2) is 0 Å². The van der Waals surface area contributed by atoms with Crippen molar-refractivity contribution in [2.75, 3.05) is 4.90 Å². The fourth-order valence-electron chi connectivity index (χ4n) is 1.03. The highest BCUT2D eigenvalue weighted by Gasteiger charge is 2.03. The van der Waals surface area contributed by atoms with Crippen molar-refractivity contribution >= 4 is 18.5 Å². The minimum Gasteiger partial charge on any atom is -0.278 e. The van der Waals surface area contributed by atoms with Gasteiger partial charge >= 0.3 is 0 Å². The third-order valence-corrected chi connectivity index (χ3v) is 2.02. The Hall–Kier alpha value is -1.64. The van der Waals surface area contributed by atoms with E-state index in [2.05, 4.69) is 0 Å². The van der Waals surface area contributed by atoms with Crippen LogP contribution in [0.4, 0.5) is 5.69 Å². The molecule has 1 rings (SSSR count). The van der Waals surface area contributed by atoms with Crippen molar-refractivity contribution in [3.8, 4) is 0 Å². The molecular weight excluding hydrogens is 166 g/mol. The quantitative estimate of drug-likeness (QED) is 0.655. The zero-order valence-corrected chi connectivity index (χ0v) is 7.65. The van der Waals surface area contributed by atoms with Gasteiger partial charge in [0.05, 0.1) is 5.69 Å². The number of carbonyl (C=O) groups excluding carboxylic acids is 2. The summed E-state index contributed by atoms with van der Waals surface area (Å²) in [5.74, 6) is 0. The van der Waals surface area contributed by atoms with Gasteiger partial charge in [-0.05, 0) is 37.1 Å². The molecule has 0 fully saturated rings. The Balaban J connectivity index is 3.08. The molecule has 0 atom stereocenters. The standard InChI is InChI=1S/C10H11NO2/c1-8-3-4-10(5-9(8)2)11(6-12)7-13/h3-7H,1-2H3. The van der Waals surface area contributed by atoms with Crippen molar-refractivity contribution in [3.05, 3.63) is 29.3 Å². The highest BCUT2D eigenvalue weighted by molar-refractivity contribution is 5.95. The Kier molecular flexibility index (Phi) is 2.80. The molecular formula is C10H11NO2. The van der Waals surface area contributed by atoms with Gasteiger partial charge in [-0.3, -0.25) is 14.5 Å². The first-order valence-electron chi connectivity index (χ1n) is 3.95. The Morgan fingerprint density at radius 2 is 1.69 bits per heavy atom. The van der Waals surface area contributed by atoms with E-state index in [-0.39, 0.29) is 0 Å². The van der Waals surface area contributed by atoms with E-state index in [4.69, 9.17) is 0 Å². The van der Waals surface area contributed by atoms with Crippen LogP contribution >= 0.6 is 0 Å². The average Bonchev–Trinajstić information content (AvgIpc) is 2.13. The molecule has 68 valence electrons. The average molecular weight is 177 g/mol. The van der Waals surface area contributed by atoms with E-state index in [9.17, 15) is 9.59 Å². The van der Waals surface area contributed by atoms with E-state index >= 15 is 0 Å². The molecule has 0 aliphatic rings. The highest BCUT2D eigenvalue weighted by Crippen LogP contribution is 2.16.